The van der Waals surface area contributed by atoms with E-state index in [2.05, 4.69) is 11.0 Å². The summed E-state index contributed by atoms with van der Waals surface area (Å²) in [7, 11) is 0. The summed E-state index contributed by atoms with van der Waals surface area (Å²) in [6, 6.07) is 7.67. The molecule has 0 saturated carbocycles. The molecule has 2 aromatic rings. The van der Waals surface area contributed by atoms with Gasteiger partial charge in [0.05, 0.1) is 0 Å². The molecule has 0 unspecified atom stereocenters. The first-order valence-corrected chi connectivity index (χ1v) is 4.88. The van der Waals surface area contributed by atoms with Gasteiger partial charge >= 0.3 is 64.2 Å². The van der Waals surface area contributed by atoms with Gasteiger partial charge in [0, 0.05) is 0 Å². The molecule has 50 valence electrons. The molecule has 2 heteroatoms. The second-order valence-electron chi connectivity index (χ2n) is 2.11. The van der Waals surface area contributed by atoms with Crippen LogP contribution in [-0.2, 0) is 0 Å². The van der Waals surface area contributed by atoms with E-state index in [1.54, 1.807) is 6.07 Å². The number of phenolic OH excluding ortho intramolecular Hbond substituents is 1. The maximum absolute atomic E-state index is 9.29. The minimum absolute atomic E-state index is 0.410. The Bertz CT molecular complexity index is 351. The molecule has 0 aliphatic rings. The van der Waals surface area contributed by atoms with Crippen LogP contribution in [0, 0.1) is 0 Å². The Hall–Kier alpha value is -0.721. The summed E-state index contributed by atoms with van der Waals surface area (Å²) >= 11 is 0.452. The predicted octanol–water partition coefficient (Wildman–Crippen LogP) is 1.60. The zero-order chi connectivity index (χ0) is 6.97. The van der Waals surface area contributed by atoms with E-state index in [1.807, 2.05) is 12.1 Å². The molecule has 1 N–H and O–H groups in total. The summed E-state index contributed by atoms with van der Waals surface area (Å²) in [4.78, 5) is 2.12. The molecular formula is C8H6OSe. The van der Waals surface area contributed by atoms with Gasteiger partial charge in [-0.3, -0.25) is 0 Å². The van der Waals surface area contributed by atoms with Crippen LogP contribution in [0.5, 0.6) is 5.75 Å². The van der Waals surface area contributed by atoms with Crippen molar-refractivity contribution in [3.63, 3.8) is 0 Å². The second kappa shape index (κ2) is 2.15. The number of fused-ring (bicyclic) bond motifs is 1. The summed E-state index contributed by atoms with van der Waals surface area (Å²) < 4.78 is 1.28. The predicted molar refractivity (Wildman–Crippen MR) is 42.6 cm³/mol. The third-order valence-corrected chi connectivity index (χ3v) is 3.32. The monoisotopic (exact) mass is 198 g/mol. The summed E-state index contributed by atoms with van der Waals surface area (Å²) in [6.45, 7) is 0. The molecule has 0 aliphatic carbocycles. The van der Waals surface area contributed by atoms with Gasteiger partial charge in [-0.2, -0.15) is 0 Å². The summed E-state index contributed by atoms with van der Waals surface area (Å²) in [6.07, 6.45) is 0. The zero-order valence-electron chi connectivity index (χ0n) is 5.24. The standard InChI is InChI=1S/C8H6OSe/c9-7-2-1-3-8-6(7)4-5-10-8/h1-5,9H. The number of aromatic hydroxyl groups is 1. The average molecular weight is 197 g/mol. The van der Waals surface area contributed by atoms with E-state index in [0.29, 0.717) is 20.3 Å². The molecule has 1 heterocycles. The fourth-order valence-corrected chi connectivity index (χ4v) is 2.67. The SMILES string of the molecule is Oc1cccc2[se]ccc12. The van der Waals surface area contributed by atoms with Gasteiger partial charge < -0.3 is 0 Å². The summed E-state index contributed by atoms with van der Waals surface area (Å²) in [5.74, 6) is 0.410. The van der Waals surface area contributed by atoms with Crippen LogP contribution in [0.25, 0.3) is 9.65 Å². The molecule has 0 saturated heterocycles. The van der Waals surface area contributed by atoms with Crippen LogP contribution in [0.1, 0.15) is 0 Å². The van der Waals surface area contributed by atoms with Crippen molar-refractivity contribution in [2.24, 2.45) is 0 Å². The van der Waals surface area contributed by atoms with Crippen LogP contribution >= 0.6 is 0 Å². The Balaban J connectivity index is 2.95. The molecule has 0 amide bonds. The Morgan fingerprint density at radius 2 is 2.10 bits per heavy atom. The van der Waals surface area contributed by atoms with Gasteiger partial charge in [-0.1, -0.05) is 0 Å². The Morgan fingerprint density at radius 3 is 2.90 bits per heavy atom. The molecule has 0 atom stereocenters. The molecule has 0 bridgehead atoms. The first kappa shape index (κ1) is 6.02. The molecule has 1 aromatic carbocycles. The fourth-order valence-electron chi connectivity index (χ4n) is 0.978. The molecule has 10 heavy (non-hydrogen) atoms. The van der Waals surface area contributed by atoms with Gasteiger partial charge in [0.2, 0.25) is 0 Å². The van der Waals surface area contributed by atoms with Crippen LogP contribution in [0.2, 0.25) is 0 Å². The quantitative estimate of drug-likeness (QED) is 0.636. The number of benzene rings is 1. The molecule has 0 spiro atoms. The summed E-state index contributed by atoms with van der Waals surface area (Å²) in [5, 5.41) is 10.3. The Labute approximate surface area is 64.7 Å². The first-order valence-electron chi connectivity index (χ1n) is 3.03. The molecule has 0 radical (unpaired) electrons. The van der Waals surface area contributed by atoms with Crippen molar-refractivity contribution in [3.8, 4) is 5.75 Å². The van der Waals surface area contributed by atoms with Crippen LogP contribution in [0.3, 0.4) is 0 Å². The van der Waals surface area contributed by atoms with Gasteiger partial charge in [-0.05, 0) is 0 Å². The van der Waals surface area contributed by atoms with Crippen molar-refractivity contribution < 1.29 is 5.11 Å². The average Bonchev–Trinajstić information content (AvgIpc) is 2.36. The van der Waals surface area contributed by atoms with Gasteiger partial charge in [0.25, 0.3) is 0 Å². The van der Waals surface area contributed by atoms with Gasteiger partial charge in [0.15, 0.2) is 0 Å². The van der Waals surface area contributed by atoms with Crippen LogP contribution < -0.4 is 0 Å². The first-order chi connectivity index (χ1) is 4.88. The van der Waals surface area contributed by atoms with E-state index in [-0.39, 0.29) is 0 Å². The van der Waals surface area contributed by atoms with Crippen molar-refractivity contribution in [2.45, 2.75) is 0 Å². The molecular weight excluding hydrogens is 191 g/mol. The van der Waals surface area contributed by atoms with Gasteiger partial charge in [0.1, 0.15) is 0 Å². The number of phenols is 1. The maximum atomic E-state index is 9.29. The third kappa shape index (κ3) is 0.772. The van der Waals surface area contributed by atoms with Crippen molar-refractivity contribution in [1.29, 1.82) is 0 Å². The number of rotatable bonds is 0. The Morgan fingerprint density at radius 1 is 1.20 bits per heavy atom. The van der Waals surface area contributed by atoms with Crippen LogP contribution in [0.15, 0.2) is 29.2 Å². The van der Waals surface area contributed by atoms with Gasteiger partial charge in [-0.25, -0.2) is 0 Å². The number of hydrogen-bond donors (Lipinski definition) is 1. The molecule has 1 aromatic heterocycles. The molecule has 2 rings (SSSR count). The molecule has 0 fully saturated rings. The molecule has 0 aliphatic heterocycles. The zero-order valence-corrected chi connectivity index (χ0v) is 6.96. The van der Waals surface area contributed by atoms with E-state index < -0.39 is 0 Å². The van der Waals surface area contributed by atoms with Crippen LogP contribution in [-0.4, -0.2) is 19.6 Å². The third-order valence-electron chi connectivity index (χ3n) is 1.47. The minimum atomic E-state index is 0.410. The van der Waals surface area contributed by atoms with E-state index in [1.165, 1.54) is 4.26 Å². The molecule has 1 nitrogen and oxygen atoms in total. The van der Waals surface area contributed by atoms with E-state index in [4.69, 9.17) is 0 Å². The van der Waals surface area contributed by atoms with Gasteiger partial charge in [-0.15, -0.1) is 0 Å². The van der Waals surface area contributed by atoms with E-state index >= 15 is 0 Å². The summed E-state index contributed by atoms with van der Waals surface area (Å²) in [5.41, 5.74) is 0. The van der Waals surface area contributed by atoms with Crippen molar-refractivity contribution in [1.82, 2.24) is 0 Å². The van der Waals surface area contributed by atoms with Crippen LogP contribution in [0.4, 0.5) is 0 Å². The van der Waals surface area contributed by atoms with E-state index in [0.717, 1.165) is 5.39 Å². The number of hydrogen-bond acceptors (Lipinski definition) is 1. The topological polar surface area (TPSA) is 20.2 Å². The Kier molecular flexibility index (Phi) is 1.30. The van der Waals surface area contributed by atoms with Crippen molar-refractivity contribution >= 4 is 24.1 Å². The van der Waals surface area contributed by atoms with Crippen molar-refractivity contribution in [2.75, 3.05) is 0 Å². The van der Waals surface area contributed by atoms with Crippen molar-refractivity contribution in [3.05, 3.63) is 29.2 Å². The van der Waals surface area contributed by atoms with E-state index in [9.17, 15) is 5.11 Å². The second-order valence-corrected chi connectivity index (χ2v) is 4.10. The fraction of sp³-hybridized carbons (Fsp3) is 0. The normalized spacial score (nSPS) is 10.4.